The van der Waals surface area contributed by atoms with Crippen LogP contribution < -0.4 is 4.74 Å². The SMILES string of the molecule is Cc1cc(OCC(=O)O)cc2c1C(=O)C(C)(c1ccccc1)C2. The van der Waals surface area contributed by atoms with Crippen LogP contribution in [0.3, 0.4) is 0 Å². The van der Waals surface area contributed by atoms with Crippen LogP contribution in [0.25, 0.3) is 0 Å². The minimum absolute atomic E-state index is 0.112. The summed E-state index contributed by atoms with van der Waals surface area (Å²) in [6.07, 6.45) is 0.594. The third kappa shape index (κ3) is 2.61. The van der Waals surface area contributed by atoms with Gasteiger partial charge in [-0.2, -0.15) is 0 Å². The fourth-order valence-electron chi connectivity index (χ4n) is 3.29. The fourth-order valence-corrected chi connectivity index (χ4v) is 3.29. The molecular weight excluding hydrogens is 292 g/mol. The molecule has 2 aromatic carbocycles. The van der Waals surface area contributed by atoms with Crippen LogP contribution in [-0.2, 0) is 16.6 Å². The van der Waals surface area contributed by atoms with Crippen LogP contribution in [0.5, 0.6) is 5.75 Å². The van der Waals surface area contributed by atoms with Crippen molar-refractivity contribution in [1.82, 2.24) is 0 Å². The Balaban J connectivity index is 1.99. The van der Waals surface area contributed by atoms with E-state index in [-0.39, 0.29) is 12.4 Å². The number of ether oxygens (including phenoxy) is 1. The van der Waals surface area contributed by atoms with Gasteiger partial charge in [0.15, 0.2) is 12.4 Å². The minimum atomic E-state index is -1.02. The van der Waals surface area contributed by atoms with Gasteiger partial charge in [-0.1, -0.05) is 30.3 Å². The number of carboxylic acids is 1. The van der Waals surface area contributed by atoms with E-state index < -0.39 is 11.4 Å². The fraction of sp³-hybridized carbons (Fsp3) is 0.263. The first-order valence-corrected chi connectivity index (χ1v) is 7.50. The highest BCUT2D eigenvalue weighted by atomic mass is 16.5. The van der Waals surface area contributed by atoms with Crippen LogP contribution in [0.15, 0.2) is 42.5 Å². The molecule has 118 valence electrons. The van der Waals surface area contributed by atoms with E-state index in [4.69, 9.17) is 9.84 Å². The highest BCUT2D eigenvalue weighted by Gasteiger charge is 2.43. The second-order valence-corrected chi connectivity index (χ2v) is 6.16. The monoisotopic (exact) mass is 310 g/mol. The quantitative estimate of drug-likeness (QED) is 0.942. The molecule has 0 fully saturated rings. The molecule has 0 saturated heterocycles. The molecule has 4 heteroatoms. The maximum atomic E-state index is 13.0. The van der Waals surface area contributed by atoms with Crippen molar-refractivity contribution >= 4 is 11.8 Å². The zero-order valence-corrected chi connectivity index (χ0v) is 13.1. The second kappa shape index (κ2) is 5.54. The van der Waals surface area contributed by atoms with E-state index in [0.29, 0.717) is 12.2 Å². The lowest BCUT2D eigenvalue weighted by Gasteiger charge is -2.22. The van der Waals surface area contributed by atoms with Crippen LogP contribution in [0.1, 0.15) is 34.0 Å². The molecule has 0 heterocycles. The molecule has 0 spiro atoms. The molecule has 4 nitrogen and oxygen atoms in total. The van der Waals surface area contributed by atoms with Crippen molar-refractivity contribution in [2.75, 3.05) is 6.61 Å². The molecule has 1 unspecified atom stereocenters. The molecule has 1 atom stereocenters. The van der Waals surface area contributed by atoms with E-state index in [1.165, 1.54) is 0 Å². The zero-order chi connectivity index (χ0) is 16.6. The summed E-state index contributed by atoms with van der Waals surface area (Å²) >= 11 is 0. The lowest BCUT2D eigenvalue weighted by Crippen LogP contribution is -2.29. The lowest BCUT2D eigenvalue weighted by molar-refractivity contribution is -0.139. The normalized spacial score (nSPS) is 19.5. The highest BCUT2D eigenvalue weighted by Crippen LogP contribution is 2.42. The topological polar surface area (TPSA) is 63.6 Å². The molecular formula is C19H18O4. The molecule has 2 aromatic rings. The van der Waals surface area contributed by atoms with E-state index in [9.17, 15) is 9.59 Å². The molecule has 3 rings (SSSR count). The van der Waals surface area contributed by atoms with E-state index in [1.807, 2.05) is 44.2 Å². The van der Waals surface area contributed by atoms with Crippen molar-refractivity contribution in [3.8, 4) is 5.75 Å². The lowest BCUT2D eigenvalue weighted by atomic mass is 9.79. The number of rotatable bonds is 4. The molecule has 1 N–H and O–H groups in total. The number of hydrogen-bond donors (Lipinski definition) is 1. The van der Waals surface area contributed by atoms with Crippen molar-refractivity contribution in [3.05, 3.63) is 64.7 Å². The van der Waals surface area contributed by atoms with Crippen LogP contribution >= 0.6 is 0 Å². The first-order chi connectivity index (χ1) is 10.9. The van der Waals surface area contributed by atoms with Crippen molar-refractivity contribution in [3.63, 3.8) is 0 Å². The molecule has 0 aliphatic heterocycles. The van der Waals surface area contributed by atoms with Gasteiger partial charge in [-0.25, -0.2) is 4.79 Å². The van der Waals surface area contributed by atoms with Crippen molar-refractivity contribution in [2.24, 2.45) is 0 Å². The average Bonchev–Trinajstić information content (AvgIpc) is 2.79. The molecule has 0 bridgehead atoms. The molecule has 1 aliphatic rings. The predicted octanol–water partition coefficient (Wildman–Crippen LogP) is 3.16. The number of carboxylic acid groups (broad SMARTS) is 1. The van der Waals surface area contributed by atoms with Gasteiger partial charge in [0.2, 0.25) is 0 Å². The largest absolute Gasteiger partial charge is 0.482 e. The number of hydrogen-bond acceptors (Lipinski definition) is 3. The Labute approximate surface area is 134 Å². The van der Waals surface area contributed by atoms with Crippen LogP contribution in [0.2, 0.25) is 0 Å². The molecule has 1 aliphatic carbocycles. The number of fused-ring (bicyclic) bond motifs is 1. The summed E-state index contributed by atoms with van der Waals surface area (Å²) in [6, 6.07) is 13.3. The van der Waals surface area contributed by atoms with Gasteiger partial charge in [-0.3, -0.25) is 4.79 Å². The Kier molecular flexibility index (Phi) is 3.68. The zero-order valence-electron chi connectivity index (χ0n) is 13.1. The maximum absolute atomic E-state index is 13.0. The molecule has 0 saturated carbocycles. The van der Waals surface area contributed by atoms with Gasteiger partial charge < -0.3 is 9.84 Å². The summed E-state index contributed by atoms with van der Waals surface area (Å²) in [5.41, 5.74) is 2.89. The predicted molar refractivity (Wildman–Crippen MR) is 86.1 cm³/mol. The number of benzene rings is 2. The smallest absolute Gasteiger partial charge is 0.341 e. The summed E-state index contributed by atoms with van der Waals surface area (Å²) in [6.45, 7) is 3.44. The van der Waals surface area contributed by atoms with E-state index in [2.05, 4.69) is 0 Å². The Morgan fingerprint density at radius 3 is 2.61 bits per heavy atom. The summed E-state index contributed by atoms with van der Waals surface area (Å²) in [7, 11) is 0. The summed E-state index contributed by atoms with van der Waals surface area (Å²) < 4.78 is 5.27. The number of carbonyl (C=O) groups is 2. The Hall–Kier alpha value is -2.62. The van der Waals surface area contributed by atoms with Crippen molar-refractivity contribution < 1.29 is 19.4 Å². The van der Waals surface area contributed by atoms with Gasteiger partial charge >= 0.3 is 5.97 Å². The molecule has 23 heavy (non-hydrogen) atoms. The number of ketones is 1. The summed E-state index contributed by atoms with van der Waals surface area (Å²) in [5.74, 6) is -0.414. The third-order valence-electron chi connectivity index (χ3n) is 4.44. The first-order valence-electron chi connectivity index (χ1n) is 7.50. The molecule has 0 radical (unpaired) electrons. The van der Waals surface area contributed by atoms with Crippen LogP contribution in [0.4, 0.5) is 0 Å². The first kappa shape index (κ1) is 15.3. The van der Waals surface area contributed by atoms with Crippen molar-refractivity contribution in [2.45, 2.75) is 25.7 Å². The average molecular weight is 310 g/mol. The van der Waals surface area contributed by atoms with Gasteiger partial charge in [0.05, 0.1) is 5.41 Å². The van der Waals surface area contributed by atoms with Gasteiger partial charge in [0.25, 0.3) is 0 Å². The molecule has 0 aromatic heterocycles. The van der Waals surface area contributed by atoms with Crippen LogP contribution in [-0.4, -0.2) is 23.5 Å². The third-order valence-corrected chi connectivity index (χ3v) is 4.44. The summed E-state index contributed by atoms with van der Waals surface area (Å²) in [4.78, 5) is 23.6. The van der Waals surface area contributed by atoms with E-state index in [1.54, 1.807) is 12.1 Å². The minimum Gasteiger partial charge on any atom is -0.482 e. The van der Waals surface area contributed by atoms with Gasteiger partial charge in [0.1, 0.15) is 5.75 Å². The van der Waals surface area contributed by atoms with Crippen LogP contribution in [0, 0.1) is 6.92 Å². The number of carbonyl (C=O) groups excluding carboxylic acids is 1. The second-order valence-electron chi connectivity index (χ2n) is 6.16. The molecule has 0 amide bonds. The summed E-state index contributed by atoms with van der Waals surface area (Å²) in [5, 5.41) is 8.73. The number of aliphatic carboxylic acids is 1. The standard InChI is InChI=1S/C19H18O4/c1-12-8-15(23-11-16(20)21)9-13-10-19(2,18(22)17(12)13)14-6-4-3-5-7-14/h3-9H,10-11H2,1-2H3,(H,20,21). The maximum Gasteiger partial charge on any atom is 0.341 e. The number of aryl methyl sites for hydroxylation is 1. The van der Waals surface area contributed by atoms with Gasteiger partial charge in [-0.05, 0) is 49.1 Å². The van der Waals surface area contributed by atoms with Gasteiger partial charge in [-0.15, -0.1) is 0 Å². The van der Waals surface area contributed by atoms with Crippen molar-refractivity contribution in [1.29, 1.82) is 0 Å². The van der Waals surface area contributed by atoms with E-state index in [0.717, 1.165) is 22.3 Å². The Morgan fingerprint density at radius 1 is 1.26 bits per heavy atom. The van der Waals surface area contributed by atoms with E-state index >= 15 is 0 Å². The highest BCUT2D eigenvalue weighted by molar-refractivity contribution is 6.09. The Morgan fingerprint density at radius 2 is 1.96 bits per heavy atom. The number of Topliss-reactive ketones (excluding diaryl/α,β-unsaturated/α-hetero) is 1. The van der Waals surface area contributed by atoms with Gasteiger partial charge in [0, 0.05) is 5.56 Å². The Bertz CT molecular complexity index is 779.